The van der Waals surface area contributed by atoms with E-state index in [1.165, 1.54) is 18.4 Å². The summed E-state index contributed by atoms with van der Waals surface area (Å²) in [4.78, 5) is 4.53. The third-order valence-electron chi connectivity index (χ3n) is 3.57. The van der Waals surface area contributed by atoms with Crippen LogP contribution in [0.2, 0.25) is 0 Å². The molecule has 3 heteroatoms. The molecule has 1 aliphatic rings. The molecule has 0 unspecified atom stereocenters. The Balaban J connectivity index is 1.99. The van der Waals surface area contributed by atoms with Crippen molar-refractivity contribution in [2.24, 2.45) is 5.73 Å². The zero-order valence-electron chi connectivity index (χ0n) is 11.1. The Labute approximate surface area is 113 Å². The van der Waals surface area contributed by atoms with Crippen LogP contribution in [0.3, 0.4) is 0 Å². The lowest BCUT2D eigenvalue weighted by atomic mass is 10.0. The summed E-state index contributed by atoms with van der Waals surface area (Å²) < 4.78 is 5.31. The number of aromatic nitrogens is 1. The molecule has 19 heavy (non-hydrogen) atoms. The van der Waals surface area contributed by atoms with Crippen LogP contribution in [0, 0.1) is 0 Å². The number of benzene rings is 1. The van der Waals surface area contributed by atoms with Gasteiger partial charge in [0.2, 0.25) is 5.88 Å². The second kappa shape index (κ2) is 5.02. The zero-order chi connectivity index (χ0) is 13.2. The van der Waals surface area contributed by atoms with Crippen LogP contribution in [0.5, 0.6) is 5.88 Å². The number of methoxy groups -OCH3 is 1. The lowest BCUT2D eigenvalue weighted by molar-refractivity contribution is 0.398. The first kappa shape index (κ1) is 12.2. The van der Waals surface area contributed by atoms with Gasteiger partial charge in [-0.05, 0) is 36.0 Å². The third-order valence-corrected chi connectivity index (χ3v) is 3.57. The molecule has 1 saturated carbocycles. The van der Waals surface area contributed by atoms with Crippen molar-refractivity contribution in [1.82, 2.24) is 4.98 Å². The van der Waals surface area contributed by atoms with Crippen molar-refractivity contribution in [3.05, 3.63) is 47.5 Å². The molecule has 0 atom stereocenters. The molecule has 1 fully saturated rings. The summed E-state index contributed by atoms with van der Waals surface area (Å²) in [5, 5.41) is 0. The van der Waals surface area contributed by atoms with Gasteiger partial charge in [-0.2, -0.15) is 0 Å². The van der Waals surface area contributed by atoms with Crippen LogP contribution >= 0.6 is 0 Å². The Morgan fingerprint density at radius 3 is 2.53 bits per heavy atom. The van der Waals surface area contributed by atoms with E-state index in [9.17, 15) is 0 Å². The Morgan fingerprint density at radius 1 is 1.21 bits per heavy atom. The van der Waals surface area contributed by atoms with Crippen LogP contribution < -0.4 is 10.5 Å². The van der Waals surface area contributed by atoms with Crippen molar-refractivity contribution in [3.63, 3.8) is 0 Å². The molecular weight excluding hydrogens is 236 g/mol. The van der Waals surface area contributed by atoms with Gasteiger partial charge in [-0.15, -0.1) is 0 Å². The highest BCUT2D eigenvalue weighted by atomic mass is 16.5. The molecule has 2 aromatic rings. The summed E-state index contributed by atoms with van der Waals surface area (Å²) in [6.07, 6.45) is 2.55. The SMILES string of the molecule is COc1cc(C2CC2)cc(-c2ccc(CN)cc2)n1. The number of pyridine rings is 1. The zero-order valence-corrected chi connectivity index (χ0v) is 11.1. The predicted octanol–water partition coefficient (Wildman–Crippen LogP) is 3.09. The first-order chi connectivity index (χ1) is 9.30. The highest BCUT2D eigenvalue weighted by Gasteiger charge is 2.24. The van der Waals surface area contributed by atoms with Gasteiger partial charge in [0.15, 0.2) is 0 Å². The Kier molecular flexibility index (Phi) is 3.22. The van der Waals surface area contributed by atoms with Gasteiger partial charge in [-0.1, -0.05) is 24.3 Å². The summed E-state index contributed by atoms with van der Waals surface area (Å²) in [7, 11) is 1.67. The molecule has 0 aliphatic heterocycles. The Morgan fingerprint density at radius 2 is 1.95 bits per heavy atom. The van der Waals surface area contributed by atoms with Gasteiger partial charge in [-0.3, -0.25) is 0 Å². The van der Waals surface area contributed by atoms with Crippen LogP contribution in [-0.2, 0) is 6.54 Å². The number of hydrogen-bond acceptors (Lipinski definition) is 3. The maximum absolute atomic E-state index is 5.62. The van der Waals surface area contributed by atoms with E-state index in [2.05, 4.69) is 29.2 Å². The fourth-order valence-electron chi connectivity index (χ4n) is 2.24. The first-order valence-corrected chi connectivity index (χ1v) is 6.65. The minimum absolute atomic E-state index is 0.569. The van der Waals surface area contributed by atoms with Crippen LogP contribution in [-0.4, -0.2) is 12.1 Å². The quantitative estimate of drug-likeness (QED) is 0.912. The average Bonchev–Trinajstić information content (AvgIpc) is 3.31. The maximum atomic E-state index is 5.62. The highest BCUT2D eigenvalue weighted by Crippen LogP contribution is 2.42. The molecule has 0 radical (unpaired) electrons. The first-order valence-electron chi connectivity index (χ1n) is 6.65. The van der Waals surface area contributed by atoms with Gasteiger partial charge in [-0.25, -0.2) is 4.98 Å². The second-order valence-electron chi connectivity index (χ2n) is 5.00. The van der Waals surface area contributed by atoms with Gasteiger partial charge in [0.05, 0.1) is 12.8 Å². The minimum atomic E-state index is 0.569. The number of nitrogens with two attached hydrogens (primary N) is 1. The van der Waals surface area contributed by atoms with Crippen LogP contribution in [0.15, 0.2) is 36.4 Å². The molecule has 0 saturated heterocycles. The number of ether oxygens (including phenoxy) is 1. The van der Waals surface area contributed by atoms with Crippen molar-refractivity contribution < 1.29 is 4.74 Å². The summed E-state index contributed by atoms with van der Waals surface area (Å²) in [6.45, 7) is 0.569. The molecule has 3 rings (SSSR count). The maximum Gasteiger partial charge on any atom is 0.213 e. The normalized spacial score (nSPS) is 14.4. The minimum Gasteiger partial charge on any atom is -0.481 e. The topological polar surface area (TPSA) is 48.1 Å². The van der Waals surface area contributed by atoms with Gasteiger partial charge in [0, 0.05) is 18.2 Å². The van der Waals surface area contributed by atoms with E-state index in [0.717, 1.165) is 16.8 Å². The standard InChI is InChI=1S/C16H18N2O/c1-19-16-9-14(12-6-7-12)8-15(18-16)13-4-2-11(10-17)3-5-13/h2-5,8-9,12H,6-7,10,17H2,1H3. The van der Waals surface area contributed by atoms with Gasteiger partial charge in [0.25, 0.3) is 0 Å². The Hall–Kier alpha value is -1.87. The molecule has 98 valence electrons. The summed E-state index contributed by atoms with van der Waals surface area (Å²) in [5.41, 5.74) is 10.2. The highest BCUT2D eigenvalue weighted by molar-refractivity contribution is 5.61. The van der Waals surface area contributed by atoms with E-state index < -0.39 is 0 Å². The third kappa shape index (κ3) is 2.61. The lowest BCUT2D eigenvalue weighted by Crippen LogP contribution is -1.96. The molecule has 2 N–H and O–H groups in total. The largest absolute Gasteiger partial charge is 0.481 e. The van der Waals surface area contributed by atoms with E-state index in [1.54, 1.807) is 7.11 Å². The predicted molar refractivity (Wildman–Crippen MR) is 76.1 cm³/mol. The number of rotatable bonds is 4. The van der Waals surface area contributed by atoms with Crippen LogP contribution in [0.1, 0.15) is 29.9 Å². The van der Waals surface area contributed by atoms with Gasteiger partial charge < -0.3 is 10.5 Å². The van der Waals surface area contributed by atoms with Gasteiger partial charge >= 0.3 is 0 Å². The monoisotopic (exact) mass is 254 g/mol. The second-order valence-corrected chi connectivity index (χ2v) is 5.00. The molecule has 1 aromatic carbocycles. The summed E-state index contributed by atoms with van der Waals surface area (Å²) in [5.74, 6) is 1.39. The van der Waals surface area contributed by atoms with E-state index in [1.807, 2.05) is 12.1 Å². The average molecular weight is 254 g/mol. The summed E-state index contributed by atoms with van der Waals surface area (Å²) >= 11 is 0. The molecule has 0 amide bonds. The fraction of sp³-hybridized carbons (Fsp3) is 0.312. The molecular formula is C16H18N2O. The molecule has 0 spiro atoms. The Bertz CT molecular complexity index is 574. The van der Waals surface area contributed by atoms with E-state index in [4.69, 9.17) is 10.5 Å². The van der Waals surface area contributed by atoms with Crippen molar-refractivity contribution in [1.29, 1.82) is 0 Å². The van der Waals surface area contributed by atoms with Crippen molar-refractivity contribution >= 4 is 0 Å². The van der Waals surface area contributed by atoms with Crippen molar-refractivity contribution in [3.8, 4) is 17.1 Å². The van der Waals surface area contributed by atoms with Gasteiger partial charge in [0.1, 0.15) is 0 Å². The van der Waals surface area contributed by atoms with E-state index in [-0.39, 0.29) is 0 Å². The number of hydrogen-bond donors (Lipinski definition) is 1. The lowest BCUT2D eigenvalue weighted by Gasteiger charge is -2.08. The van der Waals surface area contributed by atoms with Crippen molar-refractivity contribution in [2.45, 2.75) is 25.3 Å². The smallest absolute Gasteiger partial charge is 0.213 e. The molecule has 1 aliphatic carbocycles. The molecule has 1 aromatic heterocycles. The fourth-order valence-corrected chi connectivity index (χ4v) is 2.24. The molecule has 1 heterocycles. The molecule has 3 nitrogen and oxygen atoms in total. The van der Waals surface area contributed by atoms with E-state index >= 15 is 0 Å². The molecule has 0 bridgehead atoms. The van der Waals surface area contributed by atoms with Crippen LogP contribution in [0.4, 0.5) is 0 Å². The van der Waals surface area contributed by atoms with Crippen LogP contribution in [0.25, 0.3) is 11.3 Å². The van der Waals surface area contributed by atoms with E-state index in [0.29, 0.717) is 18.3 Å². The van der Waals surface area contributed by atoms with Crippen molar-refractivity contribution in [2.75, 3.05) is 7.11 Å². The number of nitrogens with zero attached hydrogens (tertiary/aromatic N) is 1. The summed E-state index contributed by atoms with van der Waals surface area (Å²) in [6, 6.07) is 12.5.